The van der Waals surface area contributed by atoms with E-state index >= 15 is 0 Å². The molecule has 0 N–H and O–H groups in total. The van der Waals surface area contributed by atoms with Gasteiger partial charge in [-0.2, -0.15) is 0 Å². The lowest BCUT2D eigenvalue weighted by Crippen LogP contribution is -2.46. The average Bonchev–Trinajstić information content (AvgIpc) is 3.15. The Bertz CT molecular complexity index is 654. The molecule has 0 spiro atoms. The van der Waals surface area contributed by atoms with E-state index in [1.54, 1.807) is 7.11 Å². The van der Waals surface area contributed by atoms with Crippen molar-refractivity contribution in [2.75, 3.05) is 46.8 Å². The van der Waals surface area contributed by atoms with Crippen molar-refractivity contribution in [2.24, 2.45) is 11.3 Å². The lowest BCUT2D eigenvalue weighted by Gasteiger charge is -2.40. The zero-order valence-electron chi connectivity index (χ0n) is 17.4. The van der Waals surface area contributed by atoms with Crippen LogP contribution >= 0.6 is 0 Å². The first-order valence-electron chi connectivity index (χ1n) is 10.3. The number of hydrogen-bond donors (Lipinski definition) is 0. The highest BCUT2D eigenvalue weighted by molar-refractivity contribution is 5.77. The third-order valence-electron chi connectivity index (χ3n) is 5.90. The maximum atomic E-state index is 12.6. The molecule has 156 valence electrons. The summed E-state index contributed by atoms with van der Waals surface area (Å²) in [5.41, 5.74) is 0.887. The molecule has 2 heterocycles. The van der Waals surface area contributed by atoms with Crippen LogP contribution in [0.3, 0.4) is 0 Å². The van der Waals surface area contributed by atoms with Crippen molar-refractivity contribution in [1.82, 2.24) is 4.90 Å². The molecule has 6 heteroatoms. The second kappa shape index (κ2) is 9.61. The summed E-state index contributed by atoms with van der Waals surface area (Å²) < 4.78 is 21.5. The van der Waals surface area contributed by atoms with Crippen LogP contribution in [0.5, 0.6) is 11.5 Å². The summed E-state index contributed by atoms with van der Waals surface area (Å²) in [6.45, 7) is 8.37. The fraction of sp³-hybridized carbons (Fsp3) is 0.682. The van der Waals surface area contributed by atoms with Gasteiger partial charge in [-0.15, -0.1) is 0 Å². The van der Waals surface area contributed by atoms with E-state index < -0.39 is 0 Å². The van der Waals surface area contributed by atoms with Crippen LogP contribution in [-0.4, -0.2) is 57.6 Å². The molecule has 28 heavy (non-hydrogen) atoms. The van der Waals surface area contributed by atoms with Crippen LogP contribution in [0.2, 0.25) is 0 Å². The molecule has 0 unspecified atom stereocenters. The lowest BCUT2D eigenvalue weighted by molar-refractivity contribution is -0.160. The topological polar surface area (TPSA) is 57.2 Å². The zero-order valence-corrected chi connectivity index (χ0v) is 17.4. The number of ether oxygens (including phenoxy) is 4. The zero-order chi connectivity index (χ0) is 20.0. The third-order valence-corrected chi connectivity index (χ3v) is 5.90. The van der Waals surface area contributed by atoms with Crippen molar-refractivity contribution in [2.45, 2.75) is 39.5 Å². The Labute approximate surface area is 168 Å². The average molecular weight is 392 g/mol. The van der Waals surface area contributed by atoms with Crippen molar-refractivity contribution >= 4 is 5.97 Å². The molecule has 0 radical (unpaired) electrons. The molecule has 6 nitrogen and oxygen atoms in total. The fourth-order valence-corrected chi connectivity index (χ4v) is 4.28. The van der Waals surface area contributed by atoms with Crippen molar-refractivity contribution in [3.05, 3.63) is 23.8 Å². The highest BCUT2D eigenvalue weighted by Gasteiger charge is 2.42. The third kappa shape index (κ3) is 4.97. The Morgan fingerprint density at radius 3 is 2.71 bits per heavy atom. The van der Waals surface area contributed by atoms with Crippen LogP contribution in [0.15, 0.2) is 18.2 Å². The predicted molar refractivity (Wildman–Crippen MR) is 107 cm³/mol. The van der Waals surface area contributed by atoms with Crippen LogP contribution in [0, 0.1) is 11.3 Å². The SMILES string of the molecule is CCOC(=O)C1(CCOC)CCN(C[C@@H](C)Cc2ccc3c(c2)OCO3)CC1. The van der Waals surface area contributed by atoms with Crippen molar-refractivity contribution in [3.63, 3.8) is 0 Å². The minimum Gasteiger partial charge on any atom is -0.466 e. The molecular formula is C22H33NO5. The first-order valence-corrected chi connectivity index (χ1v) is 10.3. The fourth-order valence-electron chi connectivity index (χ4n) is 4.28. The van der Waals surface area contributed by atoms with Gasteiger partial charge >= 0.3 is 5.97 Å². The Balaban J connectivity index is 1.51. The first kappa shape index (κ1) is 20.9. The van der Waals surface area contributed by atoms with E-state index in [1.165, 1.54) is 5.56 Å². The number of nitrogens with zero attached hydrogens (tertiary/aromatic N) is 1. The van der Waals surface area contributed by atoms with E-state index in [9.17, 15) is 4.79 Å². The number of methoxy groups -OCH3 is 1. The van der Waals surface area contributed by atoms with E-state index in [4.69, 9.17) is 18.9 Å². The number of piperidine rings is 1. The van der Waals surface area contributed by atoms with Crippen molar-refractivity contribution in [3.8, 4) is 11.5 Å². The molecule has 1 aromatic rings. The van der Waals surface area contributed by atoms with Crippen LogP contribution in [0.1, 0.15) is 38.7 Å². The summed E-state index contributed by atoms with van der Waals surface area (Å²) in [6.07, 6.45) is 3.42. The highest BCUT2D eigenvalue weighted by atomic mass is 16.7. The van der Waals surface area contributed by atoms with Gasteiger partial charge in [0.2, 0.25) is 6.79 Å². The van der Waals surface area contributed by atoms with Crippen molar-refractivity contribution < 1.29 is 23.7 Å². The molecule has 0 saturated carbocycles. The Kier molecular flexibility index (Phi) is 7.18. The monoisotopic (exact) mass is 391 g/mol. The molecule has 2 aliphatic rings. The van der Waals surface area contributed by atoms with Crippen LogP contribution in [0.4, 0.5) is 0 Å². The van der Waals surface area contributed by atoms with Gasteiger partial charge in [0, 0.05) is 20.3 Å². The molecule has 2 aliphatic heterocycles. The van der Waals surface area contributed by atoms with Gasteiger partial charge in [-0.3, -0.25) is 4.79 Å². The molecule has 1 fully saturated rings. The largest absolute Gasteiger partial charge is 0.466 e. The number of likely N-dealkylation sites (tertiary alicyclic amines) is 1. The number of carbonyl (C=O) groups excluding carboxylic acids is 1. The van der Waals surface area contributed by atoms with Gasteiger partial charge in [-0.05, 0) is 69.3 Å². The Hall–Kier alpha value is -1.79. The number of esters is 1. The summed E-state index contributed by atoms with van der Waals surface area (Å²) in [4.78, 5) is 15.0. The normalized spacial score (nSPS) is 19.4. The quantitative estimate of drug-likeness (QED) is 0.602. The van der Waals surface area contributed by atoms with Gasteiger partial charge in [0.05, 0.1) is 12.0 Å². The molecule has 1 atom stereocenters. The number of fused-ring (bicyclic) bond motifs is 1. The van der Waals surface area contributed by atoms with Gasteiger partial charge in [-0.1, -0.05) is 13.0 Å². The maximum Gasteiger partial charge on any atom is 0.312 e. The predicted octanol–water partition coefficient (Wildman–Crippen LogP) is 3.28. The molecular weight excluding hydrogens is 358 g/mol. The van der Waals surface area contributed by atoms with Gasteiger partial charge in [0.15, 0.2) is 11.5 Å². The van der Waals surface area contributed by atoms with Gasteiger partial charge in [-0.25, -0.2) is 0 Å². The molecule has 0 aliphatic carbocycles. The maximum absolute atomic E-state index is 12.6. The van der Waals surface area contributed by atoms with E-state index in [-0.39, 0.29) is 11.4 Å². The lowest BCUT2D eigenvalue weighted by atomic mass is 9.75. The van der Waals surface area contributed by atoms with Gasteiger partial charge < -0.3 is 23.8 Å². The number of benzene rings is 1. The minimum absolute atomic E-state index is 0.0555. The number of carbonyl (C=O) groups is 1. The first-order chi connectivity index (χ1) is 13.6. The molecule has 1 saturated heterocycles. The molecule has 0 bridgehead atoms. The summed E-state index contributed by atoms with van der Waals surface area (Å²) in [7, 11) is 1.69. The smallest absolute Gasteiger partial charge is 0.312 e. The molecule has 1 aromatic carbocycles. The van der Waals surface area contributed by atoms with Crippen LogP contribution in [-0.2, 0) is 20.7 Å². The summed E-state index contributed by atoms with van der Waals surface area (Å²) in [5.74, 6) is 2.15. The number of hydrogen-bond acceptors (Lipinski definition) is 6. The summed E-state index contributed by atoms with van der Waals surface area (Å²) in [5, 5.41) is 0. The Morgan fingerprint density at radius 2 is 2.00 bits per heavy atom. The Morgan fingerprint density at radius 1 is 1.25 bits per heavy atom. The molecule has 3 rings (SSSR count). The summed E-state index contributed by atoms with van der Waals surface area (Å²) in [6, 6.07) is 6.21. The standard InChI is InChI=1S/C22H33NO5/c1-4-26-21(24)22(9-12-25-3)7-10-23(11-8-22)15-17(2)13-18-5-6-19-20(14-18)28-16-27-19/h5-6,14,17H,4,7-13,15-16H2,1-3H3/t17-/m0/s1. The number of rotatable bonds is 9. The van der Waals surface area contributed by atoms with Gasteiger partial charge in [0.25, 0.3) is 0 Å². The second-order valence-electron chi connectivity index (χ2n) is 8.04. The van der Waals surface area contributed by atoms with E-state index in [1.807, 2.05) is 13.0 Å². The van der Waals surface area contributed by atoms with Gasteiger partial charge in [0.1, 0.15) is 0 Å². The summed E-state index contributed by atoms with van der Waals surface area (Å²) >= 11 is 0. The minimum atomic E-state index is -0.386. The molecule has 0 amide bonds. The van der Waals surface area contributed by atoms with E-state index in [0.29, 0.717) is 25.9 Å². The van der Waals surface area contributed by atoms with Crippen LogP contribution < -0.4 is 9.47 Å². The second-order valence-corrected chi connectivity index (χ2v) is 8.04. The van der Waals surface area contributed by atoms with E-state index in [2.05, 4.69) is 24.0 Å². The highest BCUT2D eigenvalue weighted by Crippen LogP contribution is 2.37. The van der Waals surface area contributed by atoms with Crippen molar-refractivity contribution in [1.29, 1.82) is 0 Å². The molecule has 0 aromatic heterocycles. The van der Waals surface area contributed by atoms with E-state index in [0.717, 1.165) is 56.8 Å². The van der Waals surface area contributed by atoms with Crippen LogP contribution in [0.25, 0.3) is 0 Å².